The molecule has 0 atom stereocenters. The van der Waals surface area contributed by atoms with Gasteiger partial charge in [0.05, 0.1) is 0 Å². The van der Waals surface area contributed by atoms with E-state index in [9.17, 15) is 14.4 Å². The van der Waals surface area contributed by atoms with Crippen LogP contribution in [-0.2, 0) is 25.7 Å². The molecule has 0 aliphatic heterocycles. The number of esters is 1. The maximum absolute atomic E-state index is 12.0. The number of benzene rings is 1. The molecule has 0 heterocycles. The molecule has 0 spiro atoms. The number of carbonyl (C=O) groups is 3. The molecule has 23 heavy (non-hydrogen) atoms. The Morgan fingerprint density at radius 3 is 2.22 bits per heavy atom. The van der Waals surface area contributed by atoms with Gasteiger partial charge in [-0.25, -0.2) is 9.69 Å². The highest BCUT2D eigenvalue weighted by atomic mass is 16.6. The van der Waals surface area contributed by atoms with Gasteiger partial charge in [0.25, 0.3) is 0 Å². The molecule has 0 N–H and O–H groups in total. The number of imide groups is 1. The highest BCUT2D eigenvalue weighted by Crippen LogP contribution is 2.11. The molecule has 6 nitrogen and oxygen atoms in total. The van der Waals surface area contributed by atoms with Crippen LogP contribution in [0.5, 0.6) is 0 Å². The van der Waals surface area contributed by atoms with Crippen LogP contribution < -0.4 is 0 Å². The molecule has 6 heteroatoms. The van der Waals surface area contributed by atoms with Crippen molar-refractivity contribution in [2.45, 2.75) is 46.3 Å². The van der Waals surface area contributed by atoms with E-state index in [0.717, 1.165) is 10.5 Å². The van der Waals surface area contributed by atoms with Crippen LogP contribution in [0.2, 0.25) is 0 Å². The molecule has 126 valence electrons. The van der Waals surface area contributed by atoms with Crippen LogP contribution in [0.4, 0.5) is 4.79 Å². The maximum Gasteiger partial charge on any atom is 0.417 e. The third-order valence-corrected chi connectivity index (χ3v) is 2.75. The van der Waals surface area contributed by atoms with Crippen molar-refractivity contribution in [2.24, 2.45) is 0 Å². The predicted molar refractivity (Wildman–Crippen MR) is 84.5 cm³/mol. The predicted octanol–water partition coefficient (Wildman–Crippen LogP) is 2.90. The van der Waals surface area contributed by atoms with Gasteiger partial charge in [-0.2, -0.15) is 0 Å². The first kappa shape index (κ1) is 18.7. The second-order valence-corrected chi connectivity index (χ2v) is 5.96. The topological polar surface area (TPSA) is 72.9 Å². The van der Waals surface area contributed by atoms with Gasteiger partial charge in [0.15, 0.2) is 0 Å². The van der Waals surface area contributed by atoms with Crippen molar-refractivity contribution in [3.05, 3.63) is 35.9 Å². The van der Waals surface area contributed by atoms with Crippen molar-refractivity contribution in [1.29, 1.82) is 0 Å². The zero-order valence-corrected chi connectivity index (χ0v) is 14.0. The number of nitrogens with zero attached hydrogens (tertiary/aromatic N) is 1. The van der Waals surface area contributed by atoms with E-state index >= 15 is 0 Å². The SMILES string of the molecule is CCC(=O)N(CC(=O)OCc1ccccc1)C(=O)OC(C)(C)C. The molecule has 0 saturated carbocycles. The Morgan fingerprint density at radius 2 is 1.70 bits per heavy atom. The van der Waals surface area contributed by atoms with Gasteiger partial charge in [0, 0.05) is 6.42 Å². The molecule has 1 aromatic carbocycles. The highest BCUT2D eigenvalue weighted by Gasteiger charge is 2.28. The zero-order chi connectivity index (χ0) is 17.5. The first-order chi connectivity index (χ1) is 10.7. The van der Waals surface area contributed by atoms with Gasteiger partial charge in [-0.1, -0.05) is 37.3 Å². The van der Waals surface area contributed by atoms with Gasteiger partial charge in [-0.05, 0) is 26.3 Å². The minimum atomic E-state index is -0.846. The summed E-state index contributed by atoms with van der Waals surface area (Å²) in [5, 5.41) is 0. The summed E-state index contributed by atoms with van der Waals surface area (Å²) in [5.41, 5.74) is 0.0728. The lowest BCUT2D eigenvalue weighted by molar-refractivity contribution is -0.149. The van der Waals surface area contributed by atoms with Gasteiger partial charge >= 0.3 is 12.1 Å². The normalized spacial score (nSPS) is 10.8. The minimum Gasteiger partial charge on any atom is -0.459 e. The summed E-state index contributed by atoms with van der Waals surface area (Å²) >= 11 is 0. The summed E-state index contributed by atoms with van der Waals surface area (Å²) in [5.74, 6) is -1.16. The lowest BCUT2D eigenvalue weighted by Gasteiger charge is -2.25. The van der Waals surface area contributed by atoms with E-state index in [-0.39, 0.29) is 13.0 Å². The summed E-state index contributed by atoms with van der Waals surface area (Å²) in [6.07, 6.45) is -0.758. The van der Waals surface area contributed by atoms with Gasteiger partial charge in [0.2, 0.25) is 5.91 Å². The number of hydrogen-bond acceptors (Lipinski definition) is 5. The molecule has 0 aliphatic carbocycles. The number of amides is 2. The largest absolute Gasteiger partial charge is 0.459 e. The molecule has 0 aliphatic rings. The van der Waals surface area contributed by atoms with E-state index in [1.54, 1.807) is 27.7 Å². The number of ether oxygens (including phenoxy) is 2. The average molecular weight is 321 g/mol. The van der Waals surface area contributed by atoms with Crippen LogP contribution in [0.3, 0.4) is 0 Å². The van der Waals surface area contributed by atoms with E-state index in [0.29, 0.717) is 0 Å². The molecule has 0 fully saturated rings. The van der Waals surface area contributed by atoms with Crippen molar-refractivity contribution in [3.63, 3.8) is 0 Å². The van der Waals surface area contributed by atoms with Crippen LogP contribution >= 0.6 is 0 Å². The zero-order valence-electron chi connectivity index (χ0n) is 14.0. The van der Waals surface area contributed by atoms with Gasteiger partial charge in [-0.15, -0.1) is 0 Å². The number of rotatable bonds is 5. The van der Waals surface area contributed by atoms with Crippen LogP contribution in [-0.4, -0.2) is 35.0 Å². The Labute approximate surface area is 136 Å². The Morgan fingerprint density at radius 1 is 1.09 bits per heavy atom. The van der Waals surface area contributed by atoms with Gasteiger partial charge < -0.3 is 9.47 Å². The van der Waals surface area contributed by atoms with Crippen molar-refractivity contribution in [2.75, 3.05) is 6.54 Å². The van der Waals surface area contributed by atoms with E-state index in [1.807, 2.05) is 30.3 Å². The first-order valence-corrected chi connectivity index (χ1v) is 7.46. The molecule has 0 aromatic heterocycles. The molecule has 2 amide bonds. The van der Waals surface area contributed by atoms with Crippen molar-refractivity contribution in [3.8, 4) is 0 Å². The smallest absolute Gasteiger partial charge is 0.417 e. The molecule has 0 unspecified atom stereocenters. The Balaban J connectivity index is 2.64. The molecule has 1 rings (SSSR count). The molecule has 1 aromatic rings. The summed E-state index contributed by atoms with van der Waals surface area (Å²) in [6, 6.07) is 9.15. The Hall–Kier alpha value is -2.37. The molecule has 0 radical (unpaired) electrons. The van der Waals surface area contributed by atoms with Crippen molar-refractivity contribution >= 4 is 18.0 Å². The summed E-state index contributed by atoms with van der Waals surface area (Å²) in [6.45, 7) is 6.29. The molecule has 0 saturated heterocycles. The monoisotopic (exact) mass is 321 g/mol. The molecule has 0 bridgehead atoms. The lowest BCUT2D eigenvalue weighted by atomic mass is 10.2. The Kier molecular flexibility index (Phi) is 6.75. The summed E-state index contributed by atoms with van der Waals surface area (Å²) in [7, 11) is 0. The van der Waals surface area contributed by atoms with E-state index in [2.05, 4.69) is 0 Å². The van der Waals surface area contributed by atoms with Crippen LogP contribution in [0.25, 0.3) is 0 Å². The van der Waals surface area contributed by atoms with Gasteiger partial charge in [0.1, 0.15) is 18.8 Å². The van der Waals surface area contributed by atoms with Crippen LogP contribution in [0.15, 0.2) is 30.3 Å². The molecular weight excluding hydrogens is 298 g/mol. The van der Waals surface area contributed by atoms with Crippen LogP contribution in [0, 0.1) is 0 Å². The van der Waals surface area contributed by atoms with E-state index < -0.39 is 30.1 Å². The fraction of sp³-hybridized carbons (Fsp3) is 0.471. The van der Waals surface area contributed by atoms with Crippen molar-refractivity contribution in [1.82, 2.24) is 4.90 Å². The summed E-state index contributed by atoms with van der Waals surface area (Å²) < 4.78 is 10.2. The van der Waals surface area contributed by atoms with Crippen LogP contribution in [0.1, 0.15) is 39.7 Å². The van der Waals surface area contributed by atoms with Gasteiger partial charge in [-0.3, -0.25) is 9.59 Å². The second-order valence-electron chi connectivity index (χ2n) is 5.96. The van der Waals surface area contributed by atoms with E-state index in [4.69, 9.17) is 9.47 Å². The standard InChI is InChI=1S/C17H23NO5/c1-5-14(19)18(16(21)23-17(2,3)4)11-15(20)22-12-13-9-7-6-8-10-13/h6-10H,5,11-12H2,1-4H3. The highest BCUT2D eigenvalue weighted by molar-refractivity contribution is 5.95. The second kappa shape index (κ2) is 8.31. The fourth-order valence-electron chi connectivity index (χ4n) is 1.68. The maximum atomic E-state index is 12.0. The Bertz CT molecular complexity index is 548. The average Bonchev–Trinajstić information content (AvgIpc) is 2.49. The molecular formula is C17H23NO5. The summed E-state index contributed by atoms with van der Waals surface area (Å²) in [4.78, 5) is 36.6. The quantitative estimate of drug-likeness (QED) is 0.780. The lowest BCUT2D eigenvalue weighted by Crippen LogP contribution is -2.43. The van der Waals surface area contributed by atoms with E-state index in [1.165, 1.54) is 0 Å². The fourth-order valence-corrected chi connectivity index (χ4v) is 1.68. The third kappa shape index (κ3) is 6.95. The third-order valence-electron chi connectivity index (χ3n) is 2.75. The number of carbonyl (C=O) groups excluding carboxylic acids is 3. The minimum absolute atomic E-state index is 0.0855. The van der Waals surface area contributed by atoms with Crippen molar-refractivity contribution < 1.29 is 23.9 Å². The first-order valence-electron chi connectivity index (χ1n) is 7.46. The number of hydrogen-bond donors (Lipinski definition) is 0.